The second kappa shape index (κ2) is 20.5. The third kappa shape index (κ3) is 9.50. The van der Waals surface area contributed by atoms with Crippen LogP contribution in [0, 0.1) is 46.5 Å². The maximum Gasteiger partial charge on any atom is 2.00 e. The first-order valence-corrected chi connectivity index (χ1v) is 21.1. The monoisotopic (exact) mass is 956 g/mol. The number of ether oxygens (including phenoxy) is 2. The number of aromatic nitrogens is 4. The Bertz CT molecular complexity index is 2730. The maximum atomic E-state index is 15.7. The third-order valence-corrected chi connectivity index (χ3v) is 11.1. The largest absolute Gasteiger partial charge is 2.00 e. The fraction of sp³-hybridized carbons (Fsp3) is 0.154. The van der Waals surface area contributed by atoms with Crippen LogP contribution in [0.1, 0.15) is 48.5 Å². The number of halogens is 8. The molecule has 0 radical (unpaired) electrons. The molecule has 0 atom stereocenters. The van der Waals surface area contributed by atoms with Crippen LogP contribution in [0.4, 0.5) is 35.1 Å². The van der Waals surface area contributed by atoms with Crippen molar-refractivity contribution in [2.45, 2.75) is 25.7 Å². The van der Waals surface area contributed by atoms with E-state index in [1.54, 1.807) is 0 Å². The molecule has 340 valence electrons. The van der Waals surface area contributed by atoms with Crippen molar-refractivity contribution in [2.24, 2.45) is 0 Å². The van der Waals surface area contributed by atoms with Gasteiger partial charge in [0.2, 0.25) is 0 Å². The summed E-state index contributed by atoms with van der Waals surface area (Å²) in [6.07, 6.45) is 10.6. The first kappa shape index (κ1) is 46.9. The molecule has 4 aliphatic heterocycles. The SMILES string of the molecule is C1CCOC1.C1CCOC1.Fc1cccc(F)c1-c1c2nc(c(-c3c(F)cccc3F)c3ccc([n-]3)c(-c3c(F)cccc3F)c3nc(c(-c4c(F)cccc4F)c4ccc1[n-]4)C=C3)C=C2.[Fe+2]. The first-order chi connectivity index (χ1) is 32.1. The maximum absolute atomic E-state index is 15.7. The molecular formula is C52H36F8FeN4O2. The summed E-state index contributed by atoms with van der Waals surface area (Å²) in [5.41, 5.74) is -3.65. The molecule has 2 fully saturated rings. The van der Waals surface area contributed by atoms with E-state index in [9.17, 15) is 0 Å². The average Bonchev–Trinajstić information content (AvgIpc) is 4.15. The molecule has 0 unspecified atom stereocenters. The number of rotatable bonds is 4. The van der Waals surface area contributed by atoms with Gasteiger partial charge in [0, 0.05) is 26.4 Å². The quantitative estimate of drug-likeness (QED) is 0.129. The zero-order valence-electron chi connectivity index (χ0n) is 35.2. The van der Waals surface area contributed by atoms with Crippen molar-refractivity contribution >= 4 is 46.4 Å². The smallest absolute Gasteiger partial charge is 0.657 e. The molecule has 0 spiro atoms. The van der Waals surface area contributed by atoms with Crippen molar-refractivity contribution in [2.75, 3.05) is 26.4 Å². The molecule has 4 aromatic carbocycles. The Morgan fingerprint density at radius 1 is 0.313 bits per heavy atom. The Kier molecular flexibility index (Phi) is 14.3. The fourth-order valence-corrected chi connectivity index (χ4v) is 8.08. The summed E-state index contributed by atoms with van der Waals surface area (Å²) < 4.78 is 135. The number of nitrogens with zero attached hydrogens (tertiary/aromatic N) is 4. The van der Waals surface area contributed by atoms with E-state index in [-0.39, 0.29) is 84.2 Å². The molecule has 7 aromatic rings. The molecule has 15 heteroatoms. The van der Waals surface area contributed by atoms with Crippen molar-refractivity contribution in [3.63, 3.8) is 0 Å². The first-order valence-electron chi connectivity index (χ1n) is 21.1. The van der Waals surface area contributed by atoms with E-state index in [4.69, 9.17) is 9.47 Å². The van der Waals surface area contributed by atoms with E-state index in [0.29, 0.717) is 0 Å². The summed E-state index contributed by atoms with van der Waals surface area (Å²) in [5, 5.41) is 0. The van der Waals surface area contributed by atoms with Gasteiger partial charge < -0.3 is 19.4 Å². The molecule has 7 heterocycles. The predicted octanol–water partition coefficient (Wildman–Crippen LogP) is 13.3. The molecule has 6 nitrogen and oxygen atoms in total. The summed E-state index contributed by atoms with van der Waals surface area (Å²) in [7, 11) is 0. The second-order valence-electron chi connectivity index (χ2n) is 15.4. The van der Waals surface area contributed by atoms with Crippen molar-refractivity contribution in [3.05, 3.63) is 166 Å². The van der Waals surface area contributed by atoms with Crippen molar-refractivity contribution in [3.8, 4) is 44.5 Å². The number of fused-ring (bicyclic) bond motifs is 8. The average molecular weight is 957 g/mol. The standard InChI is InChI=1S/C44H20F8N4.2C4H8O.Fe/c45-21-5-1-6-22(46)37(21)41-29-13-15-31(53-29)42(38-23(47)7-2-8-24(38)48)33-17-19-35(55-33)44(40-27(51)11-4-12-28(40)52)36-20-18-34(56-36)43(32-16-14-30(41)54-32)39-25(49)9-3-10-26(39)50;2*1-2-4-5-3-1;/h1-20H;2*1-4H2;/q-2;;;+2. The molecule has 4 aliphatic rings. The van der Waals surface area contributed by atoms with E-state index in [0.717, 1.165) is 99.2 Å². The van der Waals surface area contributed by atoms with Crippen LogP contribution in [0.25, 0.3) is 90.9 Å². The zero-order chi connectivity index (χ0) is 45.9. The Morgan fingerprint density at radius 3 is 0.701 bits per heavy atom. The Labute approximate surface area is 389 Å². The molecule has 2 saturated heterocycles. The van der Waals surface area contributed by atoms with Crippen LogP contribution in [0.5, 0.6) is 0 Å². The minimum atomic E-state index is -0.995. The van der Waals surface area contributed by atoms with Crippen LogP contribution >= 0.6 is 0 Å². The van der Waals surface area contributed by atoms with Gasteiger partial charge in [0.25, 0.3) is 0 Å². The summed E-state index contributed by atoms with van der Waals surface area (Å²) in [4.78, 5) is 18.5. The number of hydrogen-bond acceptors (Lipinski definition) is 4. The van der Waals surface area contributed by atoms with E-state index in [1.165, 1.54) is 74.3 Å². The van der Waals surface area contributed by atoms with Crippen LogP contribution in [0.3, 0.4) is 0 Å². The van der Waals surface area contributed by atoms with E-state index in [1.807, 2.05) is 0 Å². The summed E-state index contributed by atoms with van der Waals surface area (Å²) >= 11 is 0. The topological polar surface area (TPSA) is 72.4 Å². The Balaban J connectivity index is 0.000000492. The van der Waals surface area contributed by atoms with Gasteiger partial charge in [0.05, 0.1) is 45.0 Å². The molecule has 3 aromatic heterocycles. The molecule has 0 N–H and O–H groups in total. The molecular weight excluding hydrogens is 920 g/mol. The molecule has 67 heavy (non-hydrogen) atoms. The molecule has 0 aliphatic carbocycles. The van der Waals surface area contributed by atoms with Gasteiger partial charge in [0.1, 0.15) is 46.5 Å². The molecule has 8 bridgehead atoms. The minimum Gasteiger partial charge on any atom is -0.657 e. The van der Waals surface area contributed by atoms with Gasteiger partial charge in [-0.15, -0.1) is 22.1 Å². The van der Waals surface area contributed by atoms with E-state index in [2.05, 4.69) is 19.9 Å². The van der Waals surface area contributed by atoms with Crippen LogP contribution in [-0.4, -0.2) is 36.4 Å². The number of benzene rings is 4. The summed E-state index contributed by atoms with van der Waals surface area (Å²) in [6, 6.07) is 18.3. The Morgan fingerprint density at radius 2 is 0.522 bits per heavy atom. The van der Waals surface area contributed by atoms with Crippen molar-refractivity contribution in [1.82, 2.24) is 19.9 Å². The fourth-order valence-electron chi connectivity index (χ4n) is 8.08. The summed E-state index contributed by atoms with van der Waals surface area (Å²) in [5.74, 6) is -7.96. The van der Waals surface area contributed by atoms with Crippen LogP contribution < -0.4 is 9.97 Å². The van der Waals surface area contributed by atoms with Crippen molar-refractivity contribution in [1.29, 1.82) is 0 Å². The summed E-state index contributed by atoms with van der Waals surface area (Å²) in [6.45, 7) is 4.00. The van der Waals surface area contributed by atoms with Crippen LogP contribution in [0.2, 0.25) is 0 Å². The number of hydrogen-bond donors (Lipinski definition) is 0. The van der Waals surface area contributed by atoms with Crippen LogP contribution in [-0.2, 0) is 26.5 Å². The zero-order valence-corrected chi connectivity index (χ0v) is 36.3. The van der Waals surface area contributed by atoms with Gasteiger partial charge in [-0.25, -0.2) is 45.1 Å². The van der Waals surface area contributed by atoms with Gasteiger partial charge in [-0.3, -0.25) is 0 Å². The molecule has 11 rings (SSSR count). The Hall–Kier alpha value is -6.64. The third-order valence-electron chi connectivity index (χ3n) is 11.1. The van der Waals surface area contributed by atoms with E-state index < -0.39 is 68.8 Å². The second-order valence-corrected chi connectivity index (χ2v) is 15.4. The predicted molar refractivity (Wildman–Crippen MR) is 238 cm³/mol. The van der Waals surface area contributed by atoms with Crippen LogP contribution in [0.15, 0.2) is 97.1 Å². The minimum absolute atomic E-state index is 0. The normalized spacial score (nSPS) is 13.7. The molecule has 0 amide bonds. The van der Waals surface area contributed by atoms with Gasteiger partial charge in [-0.2, -0.15) is 0 Å². The van der Waals surface area contributed by atoms with Gasteiger partial charge >= 0.3 is 17.1 Å². The van der Waals surface area contributed by atoms with Gasteiger partial charge in [-0.1, -0.05) is 48.5 Å². The van der Waals surface area contributed by atoms with Crippen molar-refractivity contribution < 1.29 is 61.7 Å². The van der Waals surface area contributed by atoms with Gasteiger partial charge in [-0.05, 0) is 121 Å². The van der Waals surface area contributed by atoms with E-state index >= 15 is 35.1 Å². The molecule has 0 saturated carbocycles. The van der Waals surface area contributed by atoms with Gasteiger partial charge in [0.15, 0.2) is 0 Å².